The first-order chi connectivity index (χ1) is 5.86. The standard InChI is InChI=1S/C9H9ClS2/c10-8-3-1-7(2-4-8)9-11-5-6-12-9/h1-4,9H,5-6H2. The highest BCUT2D eigenvalue weighted by Gasteiger charge is 2.17. The minimum absolute atomic E-state index is 0.641. The average Bonchev–Trinajstić information content (AvgIpc) is 2.58. The van der Waals surface area contributed by atoms with Crippen molar-refractivity contribution in [2.75, 3.05) is 11.5 Å². The smallest absolute Gasteiger partial charge is 0.0751 e. The number of rotatable bonds is 1. The Morgan fingerprint density at radius 1 is 1.08 bits per heavy atom. The molecule has 64 valence electrons. The van der Waals surface area contributed by atoms with Gasteiger partial charge in [0.2, 0.25) is 0 Å². The van der Waals surface area contributed by atoms with Crippen molar-refractivity contribution >= 4 is 35.1 Å². The Morgan fingerprint density at radius 2 is 1.67 bits per heavy atom. The van der Waals surface area contributed by atoms with Crippen LogP contribution in [0.25, 0.3) is 0 Å². The first-order valence-electron chi connectivity index (χ1n) is 3.85. The van der Waals surface area contributed by atoms with Gasteiger partial charge in [0.25, 0.3) is 0 Å². The highest BCUT2D eigenvalue weighted by atomic mass is 35.5. The monoisotopic (exact) mass is 216 g/mol. The third-order valence-electron chi connectivity index (χ3n) is 1.76. The topological polar surface area (TPSA) is 0 Å². The number of benzene rings is 1. The minimum atomic E-state index is 0.641. The minimum Gasteiger partial charge on any atom is -0.142 e. The van der Waals surface area contributed by atoms with Crippen molar-refractivity contribution in [2.24, 2.45) is 0 Å². The molecule has 1 fully saturated rings. The Labute approximate surface area is 86.1 Å². The number of hydrogen-bond donors (Lipinski definition) is 0. The lowest BCUT2D eigenvalue weighted by atomic mass is 10.2. The molecule has 1 heterocycles. The molecule has 1 aliphatic heterocycles. The van der Waals surface area contributed by atoms with Gasteiger partial charge >= 0.3 is 0 Å². The van der Waals surface area contributed by atoms with Gasteiger partial charge in [-0.1, -0.05) is 23.7 Å². The van der Waals surface area contributed by atoms with Gasteiger partial charge in [-0.2, -0.15) is 0 Å². The molecule has 12 heavy (non-hydrogen) atoms. The molecule has 0 spiro atoms. The summed E-state index contributed by atoms with van der Waals surface area (Å²) >= 11 is 9.85. The van der Waals surface area contributed by atoms with Crippen molar-refractivity contribution < 1.29 is 0 Å². The Bertz CT molecular complexity index is 252. The molecule has 3 heteroatoms. The summed E-state index contributed by atoms with van der Waals surface area (Å²) in [6.45, 7) is 0. The van der Waals surface area contributed by atoms with E-state index in [4.69, 9.17) is 11.6 Å². The molecule has 0 aromatic heterocycles. The van der Waals surface area contributed by atoms with Crippen LogP contribution in [0.2, 0.25) is 5.02 Å². The van der Waals surface area contributed by atoms with E-state index in [-0.39, 0.29) is 0 Å². The third kappa shape index (κ3) is 1.93. The largest absolute Gasteiger partial charge is 0.142 e. The van der Waals surface area contributed by atoms with E-state index in [9.17, 15) is 0 Å². The van der Waals surface area contributed by atoms with E-state index in [0.717, 1.165) is 5.02 Å². The Kier molecular flexibility index (Phi) is 2.89. The molecule has 0 atom stereocenters. The molecule has 0 amide bonds. The van der Waals surface area contributed by atoms with E-state index in [1.165, 1.54) is 17.1 Å². The summed E-state index contributed by atoms with van der Waals surface area (Å²) < 4.78 is 0.641. The quantitative estimate of drug-likeness (QED) is 0.700. The number of hydrogen-bond acceptors (Lipinski definition) is 2. The van der Waals surface area contributed by atoms with Crippen molar-refractivity contribution in [3.63, 3.8) is 0 Å². The van der Waals surface area contributed by atoms with Crippen molar-refractivity contribution in [1.29, 1.82) is 0 Å². The first-order valence-corrected chi connectivity index (χ1v) is 6.32. The van der Waals surface area contributed by atoms with Crippen LogP contribution in [0.4, 0.5) is 0 Å². The fourth-order valence-corrected chi connectivity index (χ4v) is 4.16. The highest BCUT2D eigenvalue weighted by Crippen LogP contribution is 2.45. The van der Waals surface area contributed by atoms with E-state index in [2.05, 4.69) is 12.1 Å². The lowest BCUT2D eigenvalue weighted by molar-refractivity contribution is 1.39. The summed E-state index contributed by atoms with van der Waals surface area (Å²) in [5.74, 6) is 2.55. The molecular weight excluding hydrogens is 208 g/mol. The molecule has 0 unspecified atom stereocenters. The third-order valence-corrected chi connectivity index (χ3v) is 5.12. The number of halogens is 1. The lowest BCUT2D eigenvalue weighted by Crippen LogP contribution is -1.82. The van der Waals surface area contributed by atoms with Gasteiger partial charge < -0.3 is 0 Å². The van der Waals surface area contributed by atoms with Crippen molar-refractivity contribution in [3.8, 4) is 0 Å². The summed E-state index contributed by atoms with van der Waals surface area (Å²) in [4.78, 5) is 0. The lowest BCUT2D eigenvalue weighted by Gasteiger charge is -2.07. The highest BCUT2D eigenvalue weighted by molar-refractivity contribution is 8.19. The second-order valence-electron chi connectivity index (χ2n) is 2.63. The fourth-order valence-electron chi connectivity index (χ4n) is 1.17. The van der Waals surface area contributed by atoms with Gasteiger partial charge in [0.15, 0.2) is 0 Å². The van der Waals surface area contributed by atoms with Crippen LogP contribution in [0.15, 0.2) is 24.3 Å². The van der Waals surface area contributed by atoms with Crippen LogP contribution < -0.4 is 0 Å². The van der Waals surface area contributed by atoms with Crippen LogP contribution in [0.3, 0.4) is 0 Å². The molecule has 0 aliphatic carbocycles. The Morgan fingerprint density at radius 3 is 2.25 bits per heavy atom. The molecule has 1 aliphatic rings. The van der Waals surface area contributed by atoms with Gasteiger partial charge in [0.05, 0.1) is 4.58 Å². The van der Waals surface area contributed by atoms with E-state index >= 15 is 0 Å². The second-order valence-corrected chi connectivity index (χ2v) is 5.79. The van der Waals surface area contributed by atoms with Crippen LogP contribution in [0.5, 0.6) is 0 Å². The molecule has 2 rings (SSSR count). The van der Waals surface area contributed by atoms with Gasteiger partial charge in [0, 0.05) is 16.5 Å². The summed E-state index contributed by atoms with van der Waals surface area (Å²) in [5, 5.41) is 0.826. The Hall–Kier alpha value is 0.210. The average molecular weight is 217 g/mol. The van der Waals surface area contributed by atoms with Crippen molar-refractivity contribution in [2.45, 2.75) is 4.58 Å². The summed E-state index contributed by atoms with van der Waals surface area (Å²) in [6.07, 6.45) is 0. The van der Waals surface area contributed by atoms with Crippen LogP contribution in [-0.4, -0.2) is 11.5 Å². The zero-order valence-corrected chi connectivity index (χ0v) is 8.88. The first kappa shape index (κ1) is 8.79. The molecule has 0 nitrogen and oxygen atoms in total. The van der Waals surface area contributed by atoms with Crippen LogP contribution in [0.1, 0.15) is 10.1 Å². The normalized spacial score (nSPS) is 18.4. The van der Waals surface area contributed by atoms with Gasteiger partial charge in [-0.25, -0.2) is 0 Å². The molecule has 1 aromatic carbocycles. The van der Waals surface area contributed by atoms with E-state index in [0.29, 0.717) is 4.58 Å². The predicted octanol–water partition coefficient (Wildman–Crippen LogP) is 3.82. The maximum Gasteiger partial charge on any atom is 0.0751 e. The maximum atomic E-state index is 5.80. The summed E-state index contributed by atoms with van der Waals surface area (Å²) in [6, 6.07) is 8.18. The predicted molar refractivity (Wildman–Crippen MR) is 59.1 cm³/mol. The fraction of sp³-hybridized carbons (Fsp3) is 0.333. The molecular formula is C9H9ClS2. The Balaban J connectivity index is 2.17. The van der Waals surface area contributed by atoms with Gasteiger partial charge in [-0.05, 0) is 17.7 Å². The molecule has 0 radical (unpaired) electrons. The zero-order valence-electron chi connectivity index (χ0n) is 6.50. The molecule has 1 aromatic rings. The number of thioether (sulfide) groups is 2. The van der Waals surface area contributed by atoms with Gasteiger partial charge in [-0.3, -0.25) is 0 Å². The van der Waals surface area contributed by atoms with Crippen LogP contribution in [0, 0.1) is 0 Å². The van der Waals surface area contributed by atoms with Crippen LogP contribution in [-0.2, 0) is 0 Å². The summed E-state index contributed by atoms with van der Waals surface area (Å²) in [5.41, 5.74) is 1.40. The summed E-state index contributed by atoms with van der Waals surface area (Å²) in [7, 11) is 0. The van der Waals surface area contributed by atoms with Crippen molar-refractivity contribution in [1.82, 2.24) is 0 Å². The van der Waals surface area contributed by atoms with E-state index in [1.54, 1.807) is 0 Å². The van der Waals surface area contributed by atoms with E-state index in [1.807, 2.05) is 35.7 Å². The zero-order chi connectivity index (χ0) is 8.39. The second kappa shape index (κ2) is 3.95. The van der Waals surface area contributed by atoms with Crippen molar-refractivity contribution in [3.05, 3.63) is 34.9 Å². The molecule has 0 bridgehead atoms. The SMILES string of the molecule is Clc1ccc(C2SCCS2)cc1. The van der Waals surface area contributed by atoms with E-state index < -0.39 is 0 Å². The molecule has 1 saturated heterocycles. The molecule has 0 N–H and O–H groups in total. The van der Waals surface area contributed by atoms with Crippen LogP contribution >= 0.6 is 35.1 Å². The van der Waals surface area contributed by atoms with Gasteiger partial charge in [0.1, 0.15) is 0 Å². The maximum absolute atomic E-state index is 5.80. The van der Waals surface area contributed by atoms with Gasteiger partial charge in [-0.15, -0.1) is 23.5 Å². The molecule has 0 saturated carbocycles.